The molecule has 0 aromatic rings. The van der Waals surface area contributed by atoms with E-state index in [0.29, 0.717) is 24.8 Å². The molecule has 110 valence electrons. The number of carboxylic acids is 1. The van der Waals surface area contributed by atoms with Gasteiger partial charge >= 0.3 is 12.0 Å². The predicted molar refractivity (Wildman–Crippen MR) is 72.2 cm³/mol. The minimum Gasteiger partial charge on any atom is -0.480 e. The lowest BCUT2D eigenvalue weighted by atomic mass is 10.2. The average Bonchev–Trinajstić information content (AvgIpc) is 3.16. The zero-order valence-electron chi connectivity index (χ0n) is 10.9. The van der Waals surface area contributed by atoms with E-state index in [0.717, 1.165) is 12.8 Å². The summed E-state index contributed by atoms with van der Waals surface area (Å²) in [6.07, 6.45) is 2.10. The molecule has 3 fully saturated rings. The molecular formula is C12H17N3O4S. The molecular weight excluding hydrogens is 282 g/mol. The smallest absolute Gasteiger partial charge is 0.327 e. The fourth-order valence-electron chi connectivity index (χ4n) is 2.67. The first kappa shape index (κ1) is 13.5. The van der Waals surface area contributed by atoms with Gasteiger partial charge in [0.1, 0.15) is 12.6 Å². The van der Waals surface area contributed by atoms with Gasteiger partial charge in [0.15, 0.2) is 0 Å². The van der Waals surface area contributed by atoms with Gasteiger partial charge in [-0.1, -0.05) is 0 Å². The summed E-state index contributed by atoms with van der Waals surface area (Å²) in [6.45, 7) is 0.885. The number of carbonyl (C=O) groups is 3. The van der Waals surface area contributed by atoms with Gasteiger partial charge < -0.3 is 15.3 Å². The van der Waals surface area contributed by atoms with E-state index in [1.165, 1.54) is 9.80 Å². The summed E-state index contributed by atoms with van der Waals surface area (Å²) in [5, 5.41) is 11.9. The van der Waals surface area contributed by atoms with Gasteiger partial charge in [0, 0.05) is 18.8 Å². The van der Waals surface area contributed by atoms with Gasteiger partial charge in [-0.05, 0) is 18.8 Å². The van der Waals surface area contributed by atoms with Crippen LogP contribution in [0.25, 0.3) is 0 Å². The third kappa shape index (κ3) is 2.44. The number of amides is 3. The van der Waals surface area contributed by atoms with Gasteiger partial charge in [0.05, 0.1) is 5.37 Å². The normalized spacial score (nSPS) is 30.3. The fourth-order valence-corrected chi connectivity index (χ4v) is 4.29. The summed E-state index contributed by atoms with van der Waals surface area (Å²) in [6, 6.07) is -1.09. The van der Waals surface area contributed by atoms with E-state index < -0.39 is 12.0 Å². The molecule has 1 aliphatic carbocycles. The third-order valence-electron chi connectivity index (χ3n) is 3.87. The molecule has 2 aliphatic heterocycles. The van der Waals surface area contributed by atoms with Crippen LogP contribution >= 0.6 is 11.8 Å². The molecule has 0 spiro atoms. The van der Waals surface area contributed by atoms with Crippen LogP contribution in [0.3, 0.4) is 0 Å². The van der Waals surface area contributed by atoms with Crippen LogP contribution in [-0.4, -0.2) is 69.6 Å². The van der Waals surface area contributed by atoms with Gasteiger partial charge in [-0.2, -0.15) is 0 Å². The Morgan fingerprint density at radius 2 is 2.10 bits per heavy atom. The zero-order valence-corrected chi connectivity index (χ0v) is 11.8. The maximum absolute atomic E-state index is 12.6. The zero-order chi connectivity index (χ0) is 14.3. The van der Waals surface area contributed by atoms with Crippen molar-refractivity contribution in [2.45, 2.75) is 24.3 Å². The maximum atomic E-state index is 12.6. The van der Waals surface area contributed by atoms with Crippen molar-refractivity contribution in [3.8, 4) is 0 Å². The number of rotatable bonds is 2. The van der Waals surface area contributed by atoms with Crippen molar-refractivity contribution in [2.24, 2.45) is 5.92 Å². The Morgan fingerprint density at radius 3 is 2.70 bits per heavy atom. The number of hydrogen-bond acceptors (Lipinski definition) is 4. The van der Waals surface area contributed by atoms with E-state index >= 15 is 0 Å². The number of nitrogens with zero attached hydrogens (tertiary/aromatic N) is 2. The Morgan fingerprint density at radius 1 is 1.35 bits per heavy atom. The van der Waals surface area contributed by atoms with Crippen LogP contribution in [0.15, 0.2) is 0 Å². The van der Waals surface area contributed by atoms with Crippen LogP contribution in [0.5, 0.6) is 0 Å². The maximum Gasteiger partial charge on any atom is 0.327 e. The van der Waals surface area contributed by atoms with Crippen LogP contribution in [0.1, 0.15) is 12.8 Å². The Labute approximate surface area is 120 Å². The standard InChI is InChI=1S/C12H17N3O4S/c16-9-5-14(4-3-13-9)12(19)15-8(11(17)18)6-20-10(15)7-1-2-7/h7-8,10H,1-6H2,(H,13,16)(H,17,18). The number of hydrogen-bond donors (Lipinski definition) is 2. The second kappa shape index (κ2) is 5.16. The average molecular weight is 299 g/mol. The molecule has 2 saturated heterocycles. The molecule has 2 atom stereocenters. The molecule has 3 rings (SSSR count). The molecule has 1 saturated carbocycles. The van der Waals surface area contributed by atoms with E-state index in [1.807, 2.05) is 0 Å². The van der Waals surface area contributed by atoms with Gasteiger partial charge in [-0.25, -0.2) is 9.59 Å². The Balaban J connectivity index is 1.77. The lowest BCUT2D eigenvalue weighted by molar-refractivity contribution is -0.141. The number of piperazine rings is 1. The topological polar surface area (TPSA) is 90.0 Å². The van der Waals surface area contributed by atoms with Gasteiger partial charge in [-0.15, -0.1) is 11.8 Å². The molecule has 2 N–H and O–H groups in total. The molecule has 0 aromatic carbocycles. The lowest BCUT2D eigenvalue weighted by Crippen LogP contribution is -2.57. The monoisotopic (exact) mass is 299 g/mol. The predicted octanol–water partition coefficient (Wildman–Crippen LogP) is -0.224. The van der Waals surface area contributed by atoms with Gasteiger partial charge in [-0.3, -0.25) is 9.69 Å². The number of urea groups is 1. The van der Waals surface area contributed by atoms with E-state index in [-0.39, 0.29) is 23.9 Å². The summed E-state index contributed by atoms with van der Waals surface area (Å²) in [7, 11) is 0. The first-order valence-electron chi connectivity index (χ1n) is 6.76. The molecule has 2 heterocycles. The van der Waals surface area contributed by atoms with Gasteiger partial charge in [0.25, 0.3) is 0 Å². The lowest BCUT2D eigenvalue weighted by Gasteiger charge is -2.35. The number of thioether (sulfide) groups is 1. The van der Waals surface area contributed by atoms with Crippen molar-refractivity contribution in [1.82, 2.24) is 15.1 Å². The SMILES string of the molecule is O=C1CN(C(=O)N2C(C(=O)O)CSC2C2CC2)CCN1. The van der Waals surface area contributed by atoms with E-state index in [1.54, 1.807) is 11.8 Å². The molecule has 3 aliphatic rings. The van der Waals surface area contributed by atoms with Crippen LogP contribution in [-0.2, 0) is 9.59 Å². The molecule has 0 aromatic heterocycles. The van der Waals surface area contributed by atoms with E-state index in [9.17, 15) is 19.5 Å². The molecule has 2 unspecified atom stereocenters. The highest BCUT2D eigenvalue weighted by Crippen LogP contribution is 2.45. The fraction of sp³-hybridized carbons (Fsp3) is 0.750. The van der Waals surface area contributed by atoms with E-state index in [2.05, 4.69) is 5.32 Å². The van der Waals surface area contributed by atoms with Crippen molar-refractivity contribution in [2.75, 3.05) is 25.4 Å². The molecule has 8 heteroatoms. The summed E-state index contributed by atoms with van der Waals surface area (Å²) < 4.78 is 0. The first-order valence-corrected chi connectivity index (χ1v) is 7.81. The molecule has 0 radical (unpaired) electrons. The second-order valence-electron chi connectivity index (χ2n) is 5.38. The first-order chi connectivity index (χ1) is 9.58. The summed E-state index contributed by atoms with van der Waals surface area (Å²) in [5.41, 5.74) is 0. The van der Waals surface area contributed by atoms with Crippen molar-refractivity contribution < 1.29 is 19.5 Å². The molecule has 0 bridgehead atoms. The van der Waals surface area contributed by atoms with E-state index in [4.69, 9.17) is 0 Å². The molecule has 7 nitrogen and oxygen atoms in total. The highest BCUT2D eigenvalue weighted by molar-refractivity contribution is 8.00. The summed E-state index contributed by atoms with van der Waals surface area (Å²) in [5.74, 6) is -0.309. The Bertz CT molecular complexity index is 454. The quantitative estimate of drug-likeness (QED) is 0.735. The summed E-state index contributed by atoms with van der Waals surface area (Å²) >= 11 is 1.55. The van der Waals surface area contributed by atoms with Crippen LogP contribution in [0.4, 0.5) is 4.79 Å². The van der Waals surface area contributed by atoms with Crippen molar-refractivity contribution in [3.05, 3.63) is 0 Å². The van der Waals surface area contributed by atoms with Crippen molar-refractivity contribution in [1.29, 1.82) is 0 Å². The Kier molecular flexibility index (Phi) is 3.49. The van der Waals surface area contributed by atoms with Crippen molar-refractivity contribution in [3.63, 3.8) is 0 Å². The minimum absolute atomic E-state index is 0.0176. The largest absolute Gasteiger partial charge is 0.480 e. The number of carboxylic acid groups (broad SMARTS) is 1. The highest BCUT2D eigenvalue weighted by atomic mass is 32.2. The van der Waals surface area contributed by atoms with Crippen LogP contribution in [0, 0.1) is 5.92 Å². The number of aliphatic carboxylic acids is 1. The molecule has 3 amide bonds. The summed E-state index contributed by atoms with van der Waals surface area (Å²) in [4.78, 5) is 38.3. The number of carbonyl (C=O) groups excluding carboxylic acids is 2. The molecule has 20 heavy (non-hydrogen) atoms. The van der Waals surface area contributed by atoms with Crippen LogP contribution in [0.2, 0.25) is 0 Å². The second-order valence-corrected chi connectivity index (χ2v) is 6.53. The third-order valence-corrected chi connectivity index (χ3v) is 5.34. The minimum atomic E-state index is -0.963. The highest BCUT2D eigenvalue weighted by Gasteiger charge is 2.49. The van der Waals surface area contributed by atoms with Crippen molar-refractivity contribution >= 4 is 29.7 Å². The van der Waals surface area contributed by atoms with Crippen LogP contribution < -0.4 is 5.32 Å². The van der Waals surface area contributed by atoms with Gasteiger partial charge in [0.2, 0.25) is 5.91 Å². The Hall–Kier alpha value is -1.44. The number of nitrogens with one attached hydrogen (secondary N) is 1.